The number of amides is 2. The Bertz CT molecular complexity index is 485. The number of aliphatic hydroxyl groups excluding tert-OH is 1. The highest BCUT2D eigenvalue weighted by atomic mass is 16.3. The molecule has 1 atom stereocenters. The number of aliphatic hydroxyl groups is 1. The molecule has 3 N–H and O–H groups in total. The van der Waals surface area contributed by atoms with Gasteiger partial charge in [0.1, 0.15) is 0 Å². The second-order valence-corrected chi connectivity index (χ2v) is 7.16. The third kappa shape index (κ3) is 5.24. The van der Waals surface area contributed by atoms with Gasteiger partial charge in [-0.2, -0.15) is 0 Å². The van der Waals surface area contributed by atoms with Gasteiger partial charge in [0, 0.05) is 19.7 Å². The van der Waals surface area contributed by atoms with Crippen LogP contribution in [-0.2, 0) is 12.8 Å². The fourth-order valence-corrected chi connectivity index (χ4v) is 3.54. The predicted molar refractivity (Wildman–Crippen MR) is 93.5 cm³/mol. The number of hydrogen-bond donors (Lipinski definition) is 3. The lowest BCUT2D eigenvalue weighted by molar-refractivity contribution is 0.223. The smallest absolute Gasteiger partial charge is 0.314 e. The zero-order valence-corrected chi connectivity index (χ0v) is 14.4. The quantitative estimate of drug-likeness (QED) is 0.690. The van der Waals surface area contributed by atoms with Crippen molar-refractivity contribution in [1.29, 1.82) is 0 Å². The van der Waals surface area contributed by atoms with Gasteiger partial charge in [0.25, 0.3) is 0 Å². The summed E-state index contributed by atoms with van der Waals surface area (Å²) in [5.41, 5.74) is 2.92. The molecule has 0 saturated carbocycles. The van der Waals surface area contributed by atoms with Gasteiger partial charge in [-0.1, -0.05) is 44.5 Å². The second kappa shape index (κ2) is 8.34. The van der Waals surface area contributed by atoms with Crippen LogP contribution in [0.2, 0.25) is 0 Å². The maximum absolute atomic E-state index is 12.0. The highest BCUT2D eigenvalue weighted by molar-refractivity contribution is 5.73. The minimum absolute atomic E-state index is 0.0961. The van der Waals surface area contributed by atoms with E-state index in [1.54, 1.807) is 0 Å². The van der Waals surface area contributed by atoms with Crippen LogP contribution < -0.4 is 10.6 Å². The Kier molecular flexibility index (Phi) is 6.46. The van der Waals surface area contributed by atoms with Crippen molar-refractivity contribution in [2.75, 3.05) is 19.7 Å². The zero-order chi connectivity index (χ0) is 16.7. The number of carbonyl (C=O) groups excluding carboxylic acids is 1. The molecule has 23 heavy (non-hydrogen) atoms. The van der Waals surface area contributed by atoms with Crippen molar-refractivity contribution < 1.29 is 9.90 Å². The maximum atomic E-state index is 12.0. The molecule has 1 aromatic carbocycles. The van der Waals surface area contributed by atoms with Gasteiger partial charge in [-0.05, 0) is 48.1 Å². The van der Waals surface area contributed by atoms with E-state index in [1.807, 2.05) is 0 Å². The van der Waals surface area contributed by atoms with Gasteiger partial charge >= 0.3 is 6.03 Å². The first-order valence-electron chi connectivity index (χ1n) is 8.75. The summed E-state index contributed by atoms with van der Waals surface area (Å²) in [6.45, 7) is 5.87. The average Bonchev–Trinajstić information content (AvgIpc) is 2.87. The van der Waals surface area contributed by atoms with Crippen molar-refractivity contribution in [1.82, 2.24) is 10.6 Å². The Labute approximate surface area is 139 Å². The molecule has 1 aliphatic rings. The van der Waals surface area contributed by atoms with Crippen LogP contribution in [0.1, 0.15) is 44.2 Å². The van der Waals surface area contributed by atoms with Gasteiger partial charge in [-0.15, -0.1) is 0 Å². The van der Waals surface area contributed by atoms with Crippen LogP contribution in [0.3, 0.4) is 0 Å². The lowest BCUT2D eigenvalue weighted by atomic mass is 9.87. The summed E-state index contributed by atoms with van der Waals surface area (Å²) in [4.78, 5) is 12.0. The Morgan fingerprint density at radius 3 is 2.43 bits per heavy atom. The van der Waals surface area contributed by atoms with Crippen LogP contribution in [0.5, 0.6) is 0 Å². The topological polar surface area (TPSA) is 61.4 Å². The minimum atomic E-state index is -0.0961. The van der Waals surface area contributed by atoms with Crippen molar-refractivity contribution in [2.45, 2.75) is 46.0 Å². The Hall–Kier alpha value is -1.55. The van der Waals surface area contributed by atoms with E-state index in [0.29, 0.717) is 19.0 Å². The van der Waals surface area contributed by atoms with Gasteiger partial charge in [-0.3, -0.25) is 0 Å². The van der Waals surface area contributed by atoms with Gasteiger partial charge in [0.2, 0.25) is 0 Å². The van der Waals surface area contributed by atoms with E-state index < -0.39 is 0 Å². The molecule has 128 valence electrons. The zero-order valence-electron chi connectivity index (χ0n) is 14.4. The first-order chi connectivity index (χ1) is 11.1. The number of rotatable bonds is 8. The highest BCUT2D eigenvalue weighted by Crippen LogP contribution is 2.35. The van der Waals surface area contributed by atoms with Crippen LogP contribution in [0.15, 0.2) is 24.3 Å². The molecule has 0 radical (unpaired) electrons. The Morgan fingerprint density at radius 1 is 1.22 bits per heavy atom. The van der Waals surface area contributed by atoms with E-state index in [0.717, 1.165) is 32.1 Å². The molecular formula is C19H30N2O2. The molecule has 2 amide bonds. The van der Waals surface area contributed by atoms with E-state index in [9.17, 15) is 4.79 Å². The molecule has 1 aliphatic carbocycles. The number of nitrogens with one attached hydrogen (secondary N) is 2. The summed E-state index contributed by atoms with van der Waals surface area (Å²) in [6, 6.07) is 8.44. The van der Waals surface area contributed by atoms with Crippen molar-refractivity contribution >= 4 is 6.03 Å². The predicted octanol–water partition coefficient (Wildman–Crippen LogP) is 2.89. The molecule has 0 aliphatic heterocycles. The first kappa shape index (κ1) is 17.8. The van der Waals surface area contributed by atoms with Gasteiger partial charge < -0.3 is 15.7 Å². The lowest BCUT2D eigenvalue weighted by Crippen LogP contribution is -2.43. The Morgan fingerprint density at radius 2 is 1.87 bits per heavy atom. The van der Waals surface area contributed by atoms with E-state index in [1.165, 1.54) is 11.1 Å². The molecule has 0 heterocycles. The number of carbonyl (C=O) groups is 1. The normalized spacial score (nSPS) is 16.7. The van der Waals surface area contributed by atoms with Crippen LogP contribution in [0.4, 0.5) is 4.79 Å². The van der Waals surface area contributed by atoms with Crippen LogP contribution in [0.25, 0.3) is 0 Å². The molecule has 0 saturated heterocycles. The van der Waals surface area contributed by atoms with Crippen LogP contribution >= 0.6 is 0 Å². The largest absolute Gasteiger partial charge is 0.396 e. The maximum Gasteiger partial charge on any atom is 0.314 e. The van der Waals surface area contributed by atoms with Crippen LogP contribution in [-0.4, -0.2) is 30.8 Å². The van der Waals surface area contributed by atoms with Crippen molar-refractivity contribution in [3.63, 3.8) is 0 Å². The summed E-state index contributed by atoms with van der Waals surface area (Å²) >= 11 is 0. The fraction of sp³-hybridized carbons (Fsp3) is 0.632. The number of urea groups is 1. The van der Waals surface area contributed by atoms with Gasteiger partial charge in [-0.25, -0.2) is 4.79 Å². The van der Waals surface area contributed by atoms with Crippen LogP contribution in [0, 0.1) is 11.3 Å². The van der Waals surface area contributed by atoms with Crippen molar-refractivity contribution in [3.8, 4) is 0 Å². The van der Waals surface area contributed by atoms with Crippen molar-refractivity contribution in [2.24, 2.45) is 11.3 Å². The summed E-state index contributed by atoms with van der Waals surface area (Å²) in [5, 5.41) is 15.0. The number of benzene rings is 1. The monoisotopic (exact) mass is 318 g/mol. The molecule has 0 aromatic heterocycles. The molecule has 0 fully saturated rings. The lowest BCUT2D eigenvalue weighted by Gasteiger charge is -2.24. The first-order valence-corrected chi connectivity index (χ1v) is 8.75. The molecule has 1 unspecified atom stereocenters. The van der Waals surface area contributed by atoms with Gasteiger partial charge in [0.15, 0.2) is 0 Å². The van der Waals surface area contributed by atoms with Gasteiger partial charge in [0.05, 0.1) is 0 Å². The number of hydrogen-bond acceptors (Lipinski definition) is 2. The van der Waals surface area contributed by atoms with E-state index in [-0.39, 0.29) is 18.1 Å². The standard InChI is InChI=1S/C19H30N2O2/c1-3-6-15(9-10-22)13-20-18(23)21-14-19(2)11-16-7-4-5-8-17(16)12-19/h4-5,7-8,15,22H,3,6,9-14H2,1-2H3,(H2,20,21,23). The molecule has 2 rings (SSSR count). The summed E-state index contributed by atoms with van der Waals surface area (Å²) in [5.74, 6) is 0.363. The van der Waals surface area contributed by atoms with E-state index in [2.05, 4.69) is 48.7 Å². The third-order valence-electron chi connectivity index (χ3n) is 4.81. The summed E-state index contributed by atoms with van der Waals surface area (Å²) in [6.07, 6.45) is 4.90. The SMILES string of the molecule is CCCC(CCO)CNC(=O)NCC1(C)Cc2ccccc2C1. The van der Waals surface area contributed by atoms with Crippen molar-refractivity contribution in [3.05, 3.63) is 35.4 Å². The number of fused-ring (bicyclic) bond motifs is 1. The molecule has 0 bridgehead atoms. The van der Waals surface area contributed by atoms with E-state index in [4.69, 9.17) is 5.11 Å². The molecule has 1 aromatic rings. The third-order valence-corrected chi connectivity index (χ3v) is 4.81. The molecule has 0 spiro atoms. The Balaban J connectivity index is 1.74. The fourth-order valence-electron chi connectivity index (χ4n) is 3.54. The van der Waals surface area contributed by atoms with E-state index >= 15 is 0 Å². The summed E-state index contributed by atoms with van der Waals surface area (Å²) in [7, 11) is 0. The average molecular weight is 318 g/mol. The molecule has 4 heteroatoms. The highest BCUT2D eigenvalue weighted by Gasteiger charge is 2.32. The minimum Gasteiger partial charge on any atom is -0.396 e. The molecular weight excluding hydrogens is 288 g/mol. The summed E-state index contributed by atoms with van der Waals surface area (Å²) < 4.78 is 0. The second-order valence-electron chi connectivity index (χ2n) is 7.16. The molecule has 4 nitrogen and oxygen atoms in total.